The first-order valence-electron chi connectivity index (χ1n) is 17.6. The lowest BCUT2D eigenvalue weighted by molar-refractivity contribution is 0.667. The van der Waals surface area contributed by atoms with Crippen molar-refractivity contribution in [3.63, 3.8) is 0 Å². The molecule has 244 valence electrons. The van der Waals surface area contributed by atoms with E-state index in [1.54, 1.807) is 0 Å². The van der Waals surface area contributed by atoms with Gasteiger partial charge in [0.25, 0.3) is 0 Å². The minimum atomic E-state index is 0.754. The molecule has 0 spiro atoms. The van der Waals surface area contributed by atoms with E-state index in [1.807, 2.05) is 12.4 Å². The van der Waals surface area contributed by atoms with Gasteiger partial charge in [0.15, 0.2) is 5.58 Å². The van der Waals surface area contributed by atoms with E-state index in [4.69, 9.17) is 9.40 Å². The smallest absolute Gasteiger partial charge is 0.155 e. The van der Waals surface area contributed by atoms with Gasteiger partial charge in [-0.2, -0.15) is 0 Å². The molecular weight excluding hydrogens is 633 g/mol. The normalized spacial score (nSPS) is 11.5. The van der Waals surface area contributed by atoms with E-state index < -0.39 is 0 Å². The molecule has 0 aliphatic rings. The molecule has 2 aromatic heterocycles. The van der Waals surface area contributed by atoms with Crippen molar-refractivity contribution >= 4 is 60.5 Å². The minimum Gasteiger partial charge on any atom is -0.454 e. The van der Waals surface area contributed by atoms with Gasteiger partial charge in [-0.25, -0.2) is 0 Å². The SMILES string of the molecule is c1ccc(-c2ccc(N(c3ccc(-c4cccc5ccccc45)c(-c4ccccc4)c3)c3cncc4oc5cc6ccccc6cc5c34)cc2)cc1. The topological polar surface area (TPSA) is 29.3 Å². The Morgan fingerprint density at radius 2 is 1.02 bits per heavy atom. The first-order chi connectivity index (χ1) is 25.8. The van der Waals surface area contributed by atoms with Gasteiger partial charge in [0.1, 0.15) is 5.58 Å². The molecule has 0 amide bonds. The van der Waals surface area contributed by atoms with Crippen LogP contribution in [-0.2, 0) is 0 Å². The van der Waals surface area contributed by atoms with Crippen LogP contribution in [0, 0.1) is 0 Å². The first-order valence-corrected chi connectivity index (χ1v) is 17.6. The molecule has 10 aromatic rings. The number of anilines is 3. The van der Waals surface area contributed by atoms with Gasteiger partial charge in [0.2, 0.25) is 0 Å². The second-order valence-electron chi connectivity index (χ2n) is 13.2. The summed E-state index contributed by atoms with van der Waals surface area (Å²) in [6.07, 6.45) is 3.80. The van der Waals surface area contributed by atoms with Gasteiger partial charge >= 0.3 is 0 Å². The van der Waals surface area contributed by atoms with E-state index in [0.29, 0.717) is 0 Å². The zero-order valence-corrected chi connectivity index (χ0v) is 28.3. The van der Waals surface area contributed by atoms with Crippen molar-refractivity contribution in [1.82, 2.24) is 4.98 Å². The molecule has 3 nitrogen and oxygen atoms in total. The fourth-order valence-electron chi connectivity index (χ4n) is 7.65. The highest BCUT2D eigenvalue weighted by molar-refractivity contribution is 6.16. The van der Waals surface area contributed by atoms with Gasteiger partial charge in [-0.05, 0) is 91.3 Å². The first kappa shape index (κ1) is 29.9. The van der Waals surface area contributed by atoms with Crippen molar-refractivity contribution in [1.29, 1.82) is 0 Å². The van der Waals surface area contributed by atoms with Crippen LogP contribution in [0.3, 0.4) is 0 Å². The van der Waals surface area contributed by atoms with Crippen molar-refractivity contribution < 1.29 is 4.42 Å². The van der Waals surface area contributed by atoms with Crippen LogP contribution in [0.15, 0.2) is 199 Å². The van der Waals surface area contributed by atoms with Crippen molar-refractivity contribution in [3.05, 3.63) is 194 Å². The summed E-state index contributed by atoms with van der Waals surface area (Å²) in [5.74, 6) is 0. The van der Waals surface area contributed by atoms with Crippen molar-refractivity contribution in [2.75, 3.05) is 4.90 Å². The van der Waals surface area contributed by atoms with Crippen LogP contribution in [0.2, 0.25) is 0 Å². The number of fused-ring (bicyclic) bond motifs is 5. The van der Waals surface area contributed by atoms with Crippen LogP contribution >= 0.6 is 0 Å². The largest absolute Gasteiger partial charge is 0.454 e. The maximum absolute atomic E-state index is 6.52. The van der Waals surface area contributed by atoms with Gasteiger partial charge < -0.3 is 9.32 Å². The summed E-state index contributed by atoms with van der Waals surface area (Å²) in [4.78, 5) is 7.09. The van der Waals surface area contributed by atoms with Gasteiger partial charge in [-0.3, -0.25) is 4.98 Å². The monoisotopic (exact) mass is 664 g/mol. The summed E-state index contributed by atoms with van der Waals surface area (Å²) in [6.45, 7) is 0. The van der Waals surface area contributed by atoms with Crippen LogP contribution in [0.1, 0.15) is 0 Å². The van der Waals surface area contributed by atoms with Crippen molar-refractivity contribution in [2.45, 2.75) is 0 Å². The lowest BCUT2D eigenvalue weighted by Gasteiger charge is -2.27. The average Bonchev–Trinajstić information content (AvgIpc) is 3.59. The maximum Gasteiger partial charge on any atom is 0.155 e. The van der Waals surface area contributed by atoms with E-state index >= 15 is 0 Å². The Labute approximate surface area is 301 Å². The molecule has 0 unspecified atom stereocenters. The van der Waals surface area contributed by atoms with E-state index in [2.05, 4.69) is 187 Å². The maximum atomic E-state index is 6.52. The zero-order chi connectivity index (χ0) is 34.4. The molecule has 2 heterocycles. The lowest BCUT2D eigenvalue weighted by Crippen LogP contribution is -2.11. The summed E-state index contributed by atoms with van der Waals surface area (Å²) in [7, 11) is 0. The number of benzene rings is 8. The van der Waals surface area contributed by atoms with Crippen molar-refractivity contribution in [3.8, 4) is 33.4 Å². The van der Waals surface area contributed by atoms with E-state index in [-0.39, 0.29) is 0 Å². The Hall–Kier alpha value is -6.97. The Kier molecular flexibility index (Phi) is 7.14. The van der Waals surface area contributed by atoms with Gasteiger partial charge in [0, 0.05) is 16.8 Å². The lowest BCUT2D eigenvalue weighted by atomic mass is 9.90. The number of hydrogen-bond acceptors (Lipinski definition) is 3. The molecular formula is C49H32N2O. The summed E-state index contributed by atoms with van der Waals surface area (Å²) in [5.41, 5.74) is 11.7. The second kappa shape index (κ2) is 12.4. The fourth-order valence-corrected chi connectivity index (χ4v) is 7.65. The van der Waals surface area contributed by atoms with Crippen LogP contribution < -0.4 is 4.90 Å². The number of nitrogens with zero attached hydrogens (tertiary/aromatic N) is 2. The quantitative estimate of drug-likeness (QED) is 0.177. The third-order valence-electron chi connectivity index (χ3n) is 10.1. The summed E-state index contributed by atoms with van der Waals surface area (Å²) >= 11 is 0. The second-order valence-corrected chi connectivity index (χ2v) is 13.2. The third kappa shape index (κ3) is 5.10. The predicted molar refractivity (Wildman–Crippen MR) is 218 cm³/mol. The van der Waals surface area contributed by atoms with Crippen LogP contribution in [0.5, 0.6) is 0 Å². The Morgan fingerprint density at radius 3 is 1.81 bits per heavy atom. The molecule has 0 bridgehead atoms. The molecule has 0 fully saturated rings. The number of aromatic nitrogens is 1. The molecule has 0 aliphatic carbocycles. The summed E-state index contributed by atoms with van der Waals surface area (Å²) in [6, 6.07) is 64.9. The Balaban J connectivity index is 1.23. The number of furan rings is 1. The molecule has 8 aromatic carbocycles. The molecule has 0 saturated carbocycles. The van der Waals surface area contributed by atoms with Gasteiger partial charge in [-0.1, -0.05) is 146 Å². The van der Waals surface area contributed by atoms with E-state index in [0.717, 1.165) is 61.1 Å². The van der Waals surface area contributed by atoms with Gasteiger partial charge in [0.05, 0.1) is 23.5 Å². The van der Waals surface area contributed by atoms with Gasteiger partial charge in [-0.15, -0.1) is 0 Å². The third-order valence-corrected chi connectivity index (χ3v) is 10.1. The molecule has 0 aliphatic heterocycles. The minimum absolute atomic E-state index is 0.754. The highest BCUT2D eigenvalue weighted by Gasteiger charge is 2.22. The molecule has 0 atom stereocenters. The Bertz CT molecular complexity index is 2890. The van der Waals surface area contributed by atoms with Crippen LogP contribution in [0.4, 0.5) is 17.1 Å². The Morgan fingerprint density at radius 1 is 0.385 bits per heavy atom. The standard InChI is InChI=1S/C49H32N2O/c1-3-12-33(13-4-1)34-22-24-39(25-23-34)51(46-31-50-32-48-49(46)45-28-37-17-7-8-18-38(37)29-47(45)52-48)40-26-27-43(44(30-40)36-14-5-2-6-15-36)42-21-11-19-35-16-9-10-20-41(35)42/h1-32H. The molecule has 0 N–H and O–H groups in total. The highest BCUT2D eigenvalue weighted by atomic mass is 16.3. The highest BCUT2D eigenvalue weighted by Crippen LogP contribution is 2.46. The number of pyridine rings is 1. The van der Waals surface area contributed by atoms with E-state index in [9.17, 15) is 0 Å². The summed E-state index contributed by atoms with van der Waals surface area (Å²) in [5, 5.41) is 6.86. The number of rotatable bonds is 6. The molecule has 3 heteroatoms. The summed E-state index contributed by atoms with van der Waals surface area (Å²) < 4.78 is 6.52. The van der Waals surface area contributed by atoms with Crippen LogP contribution in [0.25, 0.3) is 76.9 Å². The number of hydrogen-bond donors (Lipinski definition) is 0. The van der Waals surface area contributed by atoms with E-state index in [1.165, 1.54) is 32.8 Å². The molecule has 0 saturated heterocycles. The zero-order valence-electron chi connectivity index (χ0n) is 28.3. The predicted octanol–water partition coefficient (Wildman–Crippen LogP) is 13.8. The molecule has 52 heavy (non-hydrogen) atoms. The molecule has 10 rings (SSSR count). The molecule has 0 radical (unpaired) electrons. The average molecular weight is 665 g/mol. The van der Waals surface area contributed by atoms with Crippen LogP contribution in [-0.4, -0.2) is 4.98 Å². The fraction of sp³-hybridized carbons (Fsp3) is 0. The van der Waals surface area contributed by atoms with Crippen molar-refractivity contribution in [2.24, 2.45) is 0 Å².